The van der Waals surface area contributed by atoms with Gasteiger partial charge < -0.3 is 15.1 Å². The van der Waals surface area contributed by atoms with E-state index in [9.17, 15) is 9.59 Å². The minimum absolute atomic E-state index is 0.00632. The molecule has 5 heteroatoms. The molecule has 202 valence electrons. The summed E-state index contributed by atoms with van der Waals surface area (Å²) in [5.74, 6) is 0.0418. The van der Waals surface area contributed by atoms with Gasteiger partial charge in [0.1, 0.15) is 6.04 Å². The van der Waals surface area contributed by atoms with E-state index in [1.807, 2.05) is 37.1 Å². The maximum absolute atomic E-state index is 14.4. The second-order valence-electron chi connectivity index (χ2n) is 10.6. The van der Waals surface area contributed by atoms with Gasteiger partial charge in [0.25, 0.3) is 5.91 Å². The zero-order chi connectivity index (χ0) is 26.7. The monoisotopic (exact) mass is 505 g/mol. The molecule has 2 atom stereocenters. The van der Waals surface area contributed by atoms with Crippen LogP contribution in [0.3, 0.4) is 0 Å². The van der Waals surface area contributed by atoms with Crippen LogP contribution in [0.2, 0.25) is 0 Å². The number of carbonyl (C=O) groups is 2. The first-order valence-corrected chi connectivity index (χ1v) is 14.4. The molecule has 1 N–H and O–H groups in total. The van der Waals surface area contributed by atoms with Gasteiger partial charge >= 0.3 is 0 Å². The number of hydrogen-bond acceptors (Lipinski definition) is 3. The molecule has 0 spiro atoms. The third kappa shape index (κ3) is 7.01. The van der Waals surface area contributed by atoms with Crippen molar-refractivity contribution < 1.29 is 9.59 Å². The van der Waals surface area contributed by atoms with E-state index in [1.54, 1.807) is 4.90 Å². The number of likely N-dealkylation sites (N-methyl/N-ethyl adjacent to an activating group) is 1. The molecule has 0 bridgehead atoms. The van der Waals surface area contributed by atoms with Crippen LogP contribution in [0, 0.1) is 0 Å². The number of nitrogens with one attached hydrogen (secondary N) is 1. The van der Waals surface area contributed by atoms with E-state index < -0.39 is 11.6 Å². The molecule has 2 aromatic carbocycles. The van der Waals surface area contributed by atoms with E-state index in [-0.39, 0.29) is 11.8 Å². The van der Waals surface area contributed by atoms with Gasteiger partial charge in [-0.3, -0.25) is 9.59 Å². The average molecular weight is 506 g/mol. The van der Waals surface area contributed by atoms with E-state index in [0.29, 0.717) is 13.0 Å². The summed E-state index contributed by atoms with van der Waals surface area (Å²) in [6.45, 7) is 8.72. The Bertz CT molecular complexity index is 975. The summed E-state index contributed by atoms with van der Waals surface area (Å²) < 4.78 is 0. The van der Waals surface area contributed by atoms with Crippen molar-refractivity contribution in [2.75, 3.05) is 20.1 Å². The molecule has 5 nitrogen and oxygen atoms in total. The molecule has 0 aliphatic carbocycles. The third-order valence-corrected chi connectivity index (χ3v) is 7.87. The normalized spacial score (nSPS) is 20.1. The van der Waals surface area contributed by atoms with Crippen molar-refractivity contribution in [3.63, 3.8) is 0 Å². The van der Waals surface area contributed by atoms with Gasteiger partial charge in [-0.1, -0.05) is 107 Å². The molecule has 1 fully saturated rings. The smallest absolute Gasteiger partial charge is 0.254 e. The first-order chi connectivity index (χ1) is 18.0. The van der Waals surface area contributed by atoms with Crippen LogP contribution in [-0.2, 0) is 28.1 Å². The quantitative estimate of drug-likeness (QED) is 0.299. The molecule has 2 amide bonds. The summed E-state index contributed by atoms with van der Waals surface area (Å²) in [6, 6.07) is 18.0. The molecule has 0 radical (unpaired) electrons. The zero-order valence-corrected chi connectivity index (χ0v) is 23.5. The lowest BCUT2D eigenvalue weighted by atomic mass is 9.78. The maximum Gasteiger partial charge on any atom is 0.254 e. The van der Waals surface area contributed by atoms with E-state index in [1.165, 1.54) is 37.7 Å². The highest BCUT2D eigenvalue weighted by molar-refractivity contribution is 6.00. The van der Waals surface area contributed by atoms with E-state index in [2.05, 4.69) is 55.6 Å². The lowest BCUT2D eigenvalue weighted by Gasteiger charge is -2.51. The lowest BCUT2D eigenvalue weighted by Crippen LogP contribution is -2.69. The molecule has 1 heterocycles. The standard InChI is InChI=1S/C32H47N3O2/c1-5-7-9-10-11-15-23-35-26(3)30(36)34(4)32(31(35)37,24-27-16-13-12-14-17-27)29-20-18-28(19-21-29)25-33-22-8-6-2/h12-14,16-21,26,33H,5-11,15,22-25H2,1-4H3/t26-,32+/m0/s1. The van der Waals surface area contributed by atoms with Crippen LogP contribution >= 0.6 is 0 Å². The van der Waals surface area contributed by atoms with Crippen LogP contribution in [0.25, 0.3) is 0 Å². The second kappa shape index (κ2) is 14.3. The van der Waals surface area contributed by atoms with Crippen molar-refractivity contribution in [2.45, 2.75) is 96.7 Å². The topological polar surface area (TPSA) is 52.7 Å². The first-order valence-electron chi connectivity index (χ1n) is 14.4. The predicted molar refractivity (Wildman–Crippen MR) is 152 cm³/mol. The van der Waals surface area contributed by atoms with Crippen LogP contribution in [0.15, 0.2) is 54.6 Å². The van der Waals surface area contributed by atoms with Crippen molar-refractivity contribution in [1.29, 1.82) is 0 Å². The Morgan fingerprint density at radius 2 is 1.46 bits per heavy atom. The molecule has 0 unspecified atom stereocenters. The largest absolute Gasteiger partial charge is 0.329 e. The number of piperazine rings is 1. The van der Waals surface area contributed by atoms with Gasteiger partial charge in [0.2, 0.25) is 5.91 Å². The SMILES string of the molecule is CCCCCCCCN1C(=O)[C@@](Cc2ccccc2)(c2ccc(CNCCCC)cc2)N(C)C(=O)[C@@H]1C. The Morgan fingerprint density at radius 1 is 0.811 bits per heavy atom. The predicted octanol–water partition coefficient (Wildman–Crippen LogP) is 6.06. The van der Waals surface area contributed by atoms with Crippen molar-refractivity contribution >= 4 is 11.8 Å². The third-order valence-electron chi connectivity index (χ3n) is 7.87. The van der Waals surface area contributed by atoms with Crippen LogP contribution < -0.4 is 5.32 Å². The Morgan fingerprint density at radius 3 is 2.14 bits per heavy atom. The molecule has 1 saturated heterocycles. The molecule has 1 aliphatic heterocycles. The summed E-state index contributed by atoms with van der Waals surface area (Å²) in [7, 11) is 1.81. The number of nitrogens with zero attached hydrogens (tertiary/aromatic N) is 2. The zero-order valence-electron chi connectivity index (χ0n) is 23.5. The number of hydrogen-bond donors (Lipinski definition) is 1. The highest BCUT2D eigenvalue weighted by Gasteiger charge is 2.54. The second-order valence-corrected chi connectivity index (χ2v) is 10.6. The number of unbranched alkanes of at least 4 members (excludes halogenated alkanes) is 6. The fourth-order valence-electron chi connectivity index (χ4n) is 5.45. The maximum atomic E-state index is 14.4. The summed E-state index contributed by atoms with van der Waals surface area (Å²) in [6.07, 6.45) is 9.70. The highest BCUT2D eigenvalue weighted by atomic mass is 16.2. The molecular formula is C32H47N3O2. The summed E-state index contributed by atoms with van der Waals surface area (Å²) in [4.78, 5) is 31.6. The van der Waals surface area contributed by atoms with Gasteiger partial charge in [0.15, 0.2) is 5.54 Å². The van der Waals surface area contributed by atoms with Gasteiger partial charge in [0.05, 0.1) is 0 Å². The fraction of sp³-hybridized carbons (Fsp3) is 0.562. The van der Waals surface area contributed by atoms with Crippen LogP contribution in [-0.4, -0.2) is 47.8 Å². The van der Waals surface area contributed by atoms with Crippen LogP contribution in [0.4, 0.5) is 0 Å². The minimum Gasteiger partial charge on any atom is -0.329 e. The highest BCUT2D eigenvalue weighted by Crippen LogP contribution is 2.39. The summed E-state index contributed by atoms with van der Waals surface area (Å²) in [5, 5.41) is 3.49. The number of benzene rings is 2. The van der Waals surface area contributed by atoms with Gasteiger partial charge in [-0.25, -0.2) is 0 Å². The summed E-state index contributed by atoms with van der Waals surface area (Å²) in [5.41, 5.74) is 2.06. The van der Waals surface area contributed by atoms with Crippen molar-refractivity contribution in [3.8, 4) is 0 Å². The molecule has 3 rings (SSSR count). The lowest BCUT2D eigenvalue weighted by molar-refractivity contribution is -0.169. The van der Waals surface area contributed by atoms with E-state index >= 15 is 0 Å². The van der Waals surface area contributed by atoms with Crippen LogP contribution in [0.5, 0.6) is 0 Å². The minimum atomic E-state index is -1.05. The molecular weight excluding hydrogens is 458 g/mol. The van der Waals surface area contributed by atoms with Crippen molar-refractivity contribution in [3.05, 3.63) is 71.3 Å². The number of carbonyl (C=O) groups excluding carboxylic acids is 2. The molecule has 37 heavy (non-hydrogen) atoms. The molecule has 1 aliphatic rings. The Balaban J connectivity index is 1.90. The Labute approximate surface area is 224 Å². The van der Waals surface area contributed by atoms with Gasteiger partial charge in [-0.15, -0.1) is 0 Å². The van der Waals surface area contributed by atoms with Crippen LogP contribution in [0.1, 0.15) is 88.8 Å². The van der Waals surface area contributed by atoms with Crippen molar-refractivity contribution in [2.24, 2.45) is 0 Å². The first kappa shape index (κ1) is 28.9. The average Bonchev–Trinajstić information content (AvgIpc) is 2.92. The Hall–Kier alpha value is -2.66. The fourth-order valence-corrected chi connectivity index (χ4v) is 5.45. The van der Waals surface area contributed by atoms with Gasteiger partial charge in [-0.2, -0.15) is 0 Å². The molecule has 0 saturated carbocycles. The van der Waals surface area contributed by atoms with Gasteiger partial charge in [0, 0.05) is 26.6 Å². The van der Waals surface area contributed by atoms with E-state index in [0.717, 1.165) is 43.5 Å². The van der Waals surface area contributed by atoms with Gasteiger partial charge in [-0.05, 0) is 43.0 Å². The number of amides is 2. The summed E-state index contributed by atoms with van der Waals surface area (Å²) >= 11 is 0. The van der Waals surface area contributed by atoms with Crippen molar-refractivity contribution in [1.82, 2.24) is 15.1 Å². The molecule has 0 aromatic heterocycles. The Kier molecular flexibility index (Phi) is 11.2. The molecule has 2 aromatic rings. The van der Waals surface area contributed by atoms with E-state index in [4.69, 9.17) is 0 Å². The number of rotatable bonds is 15.